The van der Waals surface area contributed by atoms with E-state index < -0.39 is 0 Å². The lowest BCUT2D eigenvalue weighted by Crippen LogP contribution is -2.30. The first kappa shape index (κ1) is 21.0. The van der Waals surface area contributed by atoms with Crippen molar-refractivity contribution in [1.29, 1.82) is 0 Å². The second kappa shape index (κ2) is 10.2. The van der Waals surface area contributed by atoms with E-state index in [1.807, 2.05) is 54.6 Å². The van der Waals surface area contributed by atoms with Crippen LogP contribution in [0.4, 0.5) is 5.13 Å². The van der Waals surface area contributed by atoms with Crippen LogP contribution in [0.3, 0.4) is 0 Å². The van der Waals surface area contributed by atoms with Crippen molar-refractivity contribution in [2.45, 2.75) is 24.3 Å². The molecule has 0 aliphatic rings. The van der Waals surface area contributed by atoms with Gasteiger partial charge in [-0.05, 0) is 54.6 Å². The Hall–Kier alpha value is -2.22. The number of carbonyl (C=O) groups excluding carboxylic acids is 1. The highest BCUT2D eigenvalue weighted by Crippen LogP contribution is 2.32. The second-order valence-electron chi connectivity index (χ2n) is 6.67. The minimum Gasteiger partial charge on any atom is -0.282 e. The van der Waals surface area contributed by atoms with E-state index in [0.717, 1.165) is 37.7 Å². The van der Waals surface area contributed by atoms with E-state index in [1.54, 1.807) is 22.9 Å². The first-order chi connectivity index (χ1) is 14.7. The molecule has 2 aromatic carbocycles. The second-order valence-corrected chi connectivity index (χ2v) is 9.77. The Kier molecular flexibility index (Phi) is 7.15. The van der Waals surface area contributed by atoms with Gasteiger partial charge in [-0.2, -0.15) is 0 Å². The molecule has 1 amide bonds. The number of aromatic nitrogens is 2. The first-order valence-electron chi connectivity index (χ1n) is 9.63. The fourth-order valence-electron chi connectivity index (χ4n) is 2.98. The maximum Gasteiger partial charge on any atom is 0.229 e. The van der Waals surface area contributed by atoms with Gasteiger partial charge in [-0.15, -0.1) is 11.8 Å². The molecule has 7 heteroatoms. The van der Waals surface area contributed by atoms with Gasteiger partial charge in [0.15, 0.2) is 5.13 Å². The lowest BCUT2D eigenvalue weighted by Gasteiger charge is -2.19. The molecule has 4 nitrogen and oxygen atoms in total. The topological polar surface area (TPSA) is 46.1 Å². The molecule has 30 heavy (non-hydrogen) atoms. The van der Waals surface area contributed by atoms with Gasteiger partial charge >= 0.3 is 0 Å². The van der Waals surface area contributed by atoms with E-state index in [1.165, 1.54) is 16.2 Å². The van der Waals surface area contributed by atoms with E-state index in [0.29, 0.717) is 13.0 Å². The predicted molar refractivity (Wildman–Crippen MR) is 129 cm³/mol. The van der Waals surface area contributed by atoms with E-state index in [4.69, 9.17) is 4.98 Å². The van der Waals surface area contributed by atoms with Gasteiger partial charge in [0, 0.05) is 22.0 Å². The normalized spacial score (nSPS) is 11.0. The molecule has 0 saturated heterocycles. The maximum atomic E-state index is 13.1. The molecule has 0 aliphatic carbocycles. The van der Waals surface area contributed by atoms with Gasteiger partial charge in [0.2, 0.25) is 5.91 Å². The summed E-state index contributed by atoms with van der Waals surface area (Å²) in [7, 11) is 0. The average molecular weight is 498 g/mol. The fraction of sp³-hybridized carbons (Fsp3) is 0.174. The Bertz CT molecular complexity index is 1120. The number of halogens is 1. The van der Waals surface area contributed by atoms with Gasteiger partial charge in [-0.25, -0.2) is 4.98 Å². The molecule has 0 saturated carbocycles. The third-order valence-corrected chi connectivity index (χ3v) is 7.10. The third kappa shape index (κ3) is 5.47. The van der Waals surface area contributed by atoms with E-state index in [2.05, 4.69) is 33.0 Å². The van der Waals surface area contributed by atoms with Crippen molar-refractivity contribution in [2.75, 3.05) is 10.7 Å². The number of rotatable bonds is 8. The Balaban J connectivity index is 1.48. The number of amides is 1. The summed E-state index contributed by atoms with van der Waals surface area (Å²) in [5.74, 6) is 0.979. The number of thiazole rings is 1. The van der Waals surface area contributed by atoms with Crippen LogP contribution in [0.15, 0.2) is 82.3 Å². The van der Waals surface area contributed by atoms with Gasteiger partial charge in [-0.3, -0.25) is 14.7 Å². The first-order valence-corrected chi connectivity index (χ1v) is 12.2. The van der Waals surface area contributed by atoms with Crippen molar-refractivity contribution in [3.05, 3.63) is 83.1 Å². The van der Waals surface area contributed by atoms with Crippen LogP contribution in [0.1, 0.15) is 18.5 Å². The van der Waals surface area contributed by atoms with Crippen LogP contribution in [0.5, 0.6) is 0 Å². The molecule has 152 valence electrons. The number of benzene rings is 2. The standard InChI is InChI=1S/C23H20BrN3OS2/c24-17-11-12-20-21(15-17)30-23(26-20)27(16-18-7-4-5-13-25-18)22(28)10-6-14-29-19-8-2-1-3-9-19/h1-5,7-9,11-13,15H,6,10,14,16H2. The minimum absolute atomic E-state index is 0.0763. The van der Waals surface area contributed by atoms with E-state index in [-0.39, 0.29) is 5.91 Å². The number of pyridine rings is 1. The summed E-state index contributed by atoms with van der Waals surface area (Å²) in [6.07, 6.45) is 3.05. The van der Waals surface area contributed by atoms with Crippen LogP contribution in [0.25, 0.3) is 10.2 Å². The number of thioether (sulfide) groups is 1. The molecule has 0 atom stereocenters. The third-order valence-electron chi connectivity index (χ3n) is 4.46. The molecule has 0 radical (unpaired) electrons. The fourth-order valence-corrected chi connectivity index (χ4v) is 5.39. The number of fused-ring (bicyclic) bond motifs is 1. The summed E-state index contributed by atoms with van der Waals surface area (Å²) in [6.45, 7) is 0.423. The summed E-state index contributed by atoms with van der Waals surface area (Å²) in [5.41, 5.74) is 1.75. The Morgan fingerprint density at radius 1 is 1.07 bits per heavy atom. The Morgan fingerprint density at radius 3 is 2.70 bits per heavy atom. The molecule has 2 aromatic heterocycles. The largest absolute Gasteiger partial charge is 0.282 e. The number of carbonyl (C=O) groups is 1. The molecule has 0 spiro atoms. The highest BCUT2D eigenvalue weighted by molar-refractivity contribution is 9.10. The van der Waals surface area contributed by atoms with Crippen molar-refractivity contribution in [2.24, 2.45) is 0 Å². The molecular formula is C23H20BrN3OS2. The van der Waals surface area contributed by atoms with Gasteiger partial charge in [0.1, 0.15) is 0 Å². The van der Waals surface area contributed by atoms with Crippen molar-refractivity contribution < 1.29 is 4.79 Å². The summed E-state index contributed by atoms with van der Waals surface area (Å²) >= 11 is 6.82. The molecule has 0 fully saturated rings. The number of hydrogen-bond donors (Lipinski definition) is 0. The van der Waals surface area contributed by atoms with E-state index in [9.17, 15) is 4.79 Å². The van der Waals surface area contributed by atoms with Gasteiger partial charge in [0.25, 0.3) is 0 Å². The quantitative estimate of drug-likeness (QED) is 0.204. The van der Waals surface area contributed by atoms with Crippen LogP contribution in [-0.4, -0.2) is 21.6 Å². The zero-order chi connectivity index (χ0) is 20.8. The zero-order valence-corrected chi connectivity index (χ0v) is 19.4. The summed E-state index contributed by atoms with van der Waals surface area (Å²) in [4.78, 5) is 25.3. The Morgan fingerprint density at radius 2 is 1.90 bits per heavy atom. The SMILES string of the molecule is O=C(CCCSc1ccccc1)N(Cc1ccccn1)c1nc2ccc(Br)cc2s1. The van der Waals surface area contributed by atoms with Gasteiger partial charge < -0.3 is 0 Å². The summed E-state index contributed by atoms with van der Waals surface area (Å²) < 4.78 is 2.06. The summed E-state index contributed by atoms with van der Waals surface area (Å²) in [5, 5.41) is 0.717. The molecule has 0 N–H and O–H groups in total. The molecule has 4 aromatic rings. The average Bonchev–Trinajstić information content (AvgIpc) is 3.19. The van der Waals surface area contributed by atoms with Crippen molar-refractivity contribution >= 4 is 60.3 Å². The number of nitrogens with zero attached hydrogens (tertiary/aromatic N) is 3. The lowest BCUT2D eigenvalue weighted by molar-refractivity contribution is -0.118. The van der Waals surface area contributed by atoms with Crippen molar-refractivity contribution in [3.63, 3.8) is 0 Å². The molecule has 0 bridgehead atoms. The van der Waals surface area contributed by atoms with Crippen LogP contribution < -0.4 is 4.90 Å². The van der Waals surface area contributed by atoms with E-state index >= 15 is 0 Å². The molecular weight excluding hydrogens is 478 g/mol. The van der Waals surface area contributed by atoms with Crippen LogP contribution in [0.2, 0.25) is 0 Å². The van der Waals surface area contributed by atoms with Crippen LogP contribution >= 0.6 is 39.0 Å². The smallest absolute Gasteiger partial charge is 0.229 e. The predicted octanol–water partition coefficient (Wildman–Crippen LogP) is 6.56. The Labute approximate surface area is 192 Å². The molecule has 2 heterocycles. The molecule has 0 unspecified atom stereocenters. The van der Waals surface area contributed by atoms with Crippen molar-refractivity contribution in [3.8, 4) is 0 Å². The molecule has 4 rings (SSSR count). The van der Waals surface area contributed by atoms with Crippen LogP contribution in [-0.2, 0) is 11.3 Å². The lowest BCUT2D eigenvalue weighted by atomic mass is 10.2. The highest BCUT2D eigenvalue weighted by Gasteiger charge is 2.20. The van der Waals surface area contributed by atoms with Gasteiger partial charge in [0.05, 0.1) is 22.5 Å². The zero-order valence-electron chi connectivity index (χ0n) is 16.2. The monoisotopic (exact) mass is 497 g/mol. The van der Waals surface area contributed by atoms with Crippen LogP contribution in [0, 0.1) is 0 Å². The maximum absolute atomic E-state index is 13.1. The number of anilines is 1. The molecule has 0 aliphatic heterocycles. The summed E-state index contributed by atoms with van der Waals surface area (Å²) in [6, 6.07) is 22.0. The number of hydrogen-bond acceptors (Lipinski definition) is 5. The van der Waals surface area contributed by atoms with Crippen molar-refractivity contribution in [1.82, 2.24) is 9.97 Å². The minimum atomic E-state index is 0.0763. The highest BCUT2D eigenvalue weighted by atomic mass is 79.9. The van der Waals surface area contributed by atoms with Gasteiger partial charge in [-0.1, -0.05) is 51.5 Å².